The number of nitrogens with zero attached hydrogens (tertiary/aromatic N) is 5. The van der Waals surface area contributed by atoms with Crippen molar-refractivity contribution in [3.05, 3.63) is 71.9 Å². The summed E-state index contributed by atoms with van der Waals surface area (Å²) in [6.07, 6.45) is 6.96. The lowest BCUT2D eigenvalue weighted by Crippen LogP contribution is -2.02. The Morgan fingerprint density at radius 2 is 2.00 bits per heavy atom. The van der Waals surface area contributed by atoms with E-state index in [2.05, 4.69) is 15.3 Å². The van der Waals surface area contributed by atoms with E-state index in [0.717, 1.165) is 38.7 Å². The normalized spacial score (nSPS) is 11.4. The van der Waals surface area contributed by atoms with Crippen LogP contribution in [0.5, 0.6) is 0 Å². The smallest absolute Gasteiger partial charge is 0.138 e. The molecule has 6 nitrogen and oxygen atoms in total. The van der Waals surface area contributed by atoms with Gasteiger partial charge in [0.05, 0.1) is 22.6 Å². The lowest BCUT2D eigenvalue weighted by atomic mass is 10.1. The number of hydrogen-bond donors (Lipinski definition) is 1. The summed E-state index contributed by atoms with van der Waals surface area (Å²) in [5.74, 6) is 0.765. The minimum absolute atomic E-state index is 0.608. The van der Waals surface area contributed by atoms with Gasteiger partial charge in [-0.05, 0) is 29.8 Å². The van der Waals surface area contributed by atoms with Gasteiger partial charge in [-0.2, -0.15) is 5.10 Å². The van der Waals surface area contributed by atoms with Crippen LogP contribution in [0, 0.1) is 0 Å². The van der Waals surface area contributed by atoms with Gasteiger partial charge in [0.2, 0.25) is 0 Å². The first-order valence-corrected chi connectivity index (χ1v) is 8.51. The number of rotatable bonds is 3. The molecule has 7 heteroatoms. The van der Waals surface area contributed by atoms with Gasteiger partial charge in [0, 0.05) is 29.3 Å². The molecule has 1 aromatic carbocycles. The summed E-state index contributed by atoms with van der Waals surface area (Å²) in [6, 6.07) is 11.6. The fourth-order valence-electron chi connectivity index (χ4n) is 3.14. The zero-order valence-corrected chi connectivity index (χ0v) is 14.4. The Bertz CT molecular complexity index is 1260. The van der Waals surface area contributed by atoms with Crippen LogP contribution in [0.4, 0.5) is 5.82 Å². The standard InChI is InChI=1S/C19H13ClN6/c20-13-3-1-2-12(8-13)9-23-19-17-16-5-7-22-11-26(16)25-18(17)14-4-6-21-10-15(14)24-19/h1-8,10-11H,9H2,(H,23,24). The van der Waals surface area contributed by atoms with Crippen molar-refractivity contribution in [1.82, 2.24) is 24.6 Å². The molecule has 0 amide bonds. The molecule has 5 aromatic rings. The van der Waals surface area contributed by atoms with Crippen LogP contribution in [0.15, 0.2) is 61.3 Å². The predicted molar refractivity (Wildman–Crippen MR) is 102 cm³/mol. The molecule has 4 aromatic heterocycles. The largest absolute Gasteiger partial charge is 0.365 e. The molecule has 0 aliphatic carbocycles. The van der Waals surface area contributed by atoms with Crippen molar-refractivity contribution in [2.45, 2.75) is 6.54 Å². The molecule has 4 heterocycles. The highest BCUT2D eigenvalue weighted by molar-refractivity contribution is 6.30. The number of hydrogen-bond acceptors (Lipinski definition) is 5. The second kappa shape index (κ2) is 5.93. The minimum atomic E-state index is 0.608. The van der Waals surface area contributed by atoms with Gasteiger partial charge < -0.3 is 5.32 Å². The van der Waals surface area contributed by atoms with Crippen molar-refractivity contribution in [3.63, 3.8) is 0 Å². The summed E-state index contributed by atoms with van der Waals surface area (Å²) in [7, 11) is 0. The Kier molecular flexibility index (Phi) is 3.43. The Morgan fingerprint density at radius 1 is 1.08 bits per heavy atom. The molecule has 5 rings (SSSR count). The molecule has 0 saturated heterocycles. The summed E-state index contributed by atoms with van der Waals surface area (Å²) in [5, 5.41) is 10.8. The average molecular weight is 361 g/mol. The molecule has 0 aliphatic heterocycles. The van der Waals surface area contributed by atoms with Gasteiger partial charge in [-0.3, -0.25) is 4.98 Å². The minimum Gasteiger partial charge on any atom is -0.365 e. The number of halogens is 1. The number of fused-ring (bicyclic) bond motifs is 5. The van der Waals surface area contributed by atoms with Crippen LogP contribution >= 0.6 is 11.6 Å². The highest BCUT2D eigenvalue weighted by Crippen LogP contribution is 2.31. The maximum Gasteiger partial charge on any atom is 0.138 e. The van der Waals surface area contributed by atoms with Gasteiger partial charge in [0.15, 0.2) is 0 Å². The van der Waals surface area contributed by atoms with E-state index in [1.54, 1.807) is 29.4 Å². The molecule has 0 saturated carbocycles. The first kappa shape index (κ1) is 15.0. The van der Waals surface area contributed by atoms with E-state index in [0.29, 0.717) is 11.6 Å². The van der Waals surface area contributed by atoms with Crippen LogP contribution in [-0.4, -0.2) is 24.6 Å². The number of benzene rings is 1. The van der Waals surface area contributed by atoms with Crippen LogP contribution in [-0.2, 0) is 6.54 Å². The molecule has 0 unspecified atom stereocenters. The lowest BCUT2D eigenvalue weighted by Gasteiger charge is -2.09. The summed E-state index contributed by atoms with van der Waals surface area (Å²) in [6.45, 7) is 0.608. The first-order chi connectivity index (χ1) is 12.8. The average Bonchev–Trinajstić information content (AvgIpc) is 3.06. The SMILES string of the molecule is Clc1cccc(CNc2nc3cnccc3c3nn4cnccc4c23)c1. The van der Waals surface area contributed by atoms with Gasteiger partial charge in [-0.1, -0.05) is 23.7 Å². The molecular formula is C19H13ClN6. The highest BCUT2D eigenvalue weighted by Gasteiger charge is 2.15. The van der Waals surface area contributed by atoms with Crippen molar-refractivity contribution in [2.75, 3.05) is 5.32 Å². The maximum absolute atomic E-state index is 6.09. The maximum atomic E-state index is 6.09. The Hall–Kier alpha value is -3.25. The zero-order chi connectivity index (χ0) is 17.5. The molecule has 126 valence electrons. The first-order valence-electron chi connectivity index (χ1n) is 8.14. The van der Waals surface area contributed by atoms with E-state index in [1.807, 2.05) is 36.4 Å². The van der Waals surface area contributed by atoms with Crippen LogP contribution in [0.2, 0.25) is 5.02 Å². The molecule has 0 fully saturated rings. The quantitative estimate of drug-likeness (QED) is 0.525. The van der Waals surface area contributed by atoms with Gasteiger partial charge in [0.25, 0.3) is 0 Å². The van der Waals surface area contributed by atoms with Gasteiger partial charge in [-0.25, -0.2) is 14.5 Å². The number of anilines is 1. The molecular weight excluding hydrogens is 348 g/mol. The van der Waals surface area contributed by atoms with Gasteiger partial charge in [0.1, 0.15) is 17.7 Å². The van der Waals surface area contributed by atoms with E-state index in [1.165, 1.54) is 0 Å². The second-order valence-electron chi connectivity index (χ2n) is 5.97. The van der Waals surface area contributed by atoms with E-state index >= 15 is 0 Å². The van der Waals surface area contributed by atoms with E-state index in [9.17, 15) is 0 Å². The van der Waals surface area contributed by atoms with E-state index < -0.39 is 0 Å². The second-order valence-corrected chi connectivity index (χ2v) is 6.41. The van der Waals surface area contributed by atoms with Crippen LogP contribution < -0.4 is 5.32 Å². The van der Waals surface area contributed by atoms with Gasteiger partial charge in [-0.15, -0.1) is 0 Å². The molecule has 0 atom stereocenters. The molecule has 0 bridgehead atoms. The van der Waals surface area contributed by atoms with Crippen molar-refractivity contribution < 1.29 is 0 Å². The fraction of sp³-hybridized carbons (Fsp3) is 0.0526. The Labute approximate surface area is 153 Å². The Balaban J connectivity index is 1.71. The van der Waals surface area contributed by atoms with Gasteiger partial charge >= 0.3 is 0 Å². The zero-order valence-electron chi connectivity index (χ0n) is 13.6. The molecule has 0 spiro atoms. The monoisotopic (exact) mass is 360 g/mol. The molecule has 0 aliphatic rings. The molecule has 26 heavy (non-hydrogen) atoms. The van der Waals surface area contributed by atoms with E-state index in [-0.39, 0.29) is 0 Å². The van der Waals surface area contributed by atoms with Crippen molar-refractivity contribution in [2.24, 2.45) is 0 Å². The molecule has 1 N–H and O–H groups in total. The van der Waals surface area contributed by atoms with Crippen LogP contribution in [0.1, 0.15) is 5.56 Å². The lowest BCUT2D eigenvalue weighted by molar-refractivity contribution is 0.939. The number of aromatic nitrogens is 5. The number of nitrogens with one attached hydrogen (secondary N) is 1. The summed E-state index contributed by atoms with van der Waals surface area (Å²) < 4.78 is 1.77. The summed E-state index contributed by atoms with van der Waals surface area (Å²) in [5.41, 5.74) is 3.70. The van der Waals surface area contributed by atoms with Crippen molar-refractivity contribution in [3.8, 4) is 0 Å². The van der Waals surface area contributed by atoms with Crippen LogP contribution in [0.3, 0.4) is 0 Å². The van der Waals surface area contributed by atoms with Crippen molar-refractivity contribution >= 4 is 44.7 Å². The topological polar surface area (TPSA) is 68.0 Å². The molecule has 0 radical (unpaired) electrons. The summed E-state index contributed by atoms with van der Waals surface area (Å²) in [4.78, 5) is 13.1. The van der Waals surface area contributed by atoms with E-state index in [4.69, 9.17) is 21.7 Å². The third kappa shape index (κ3) is 2.43. The third-order valence-corrected chi connectivity index (χ3v) is 4.55. The third-order valence-electron chi connectivity index (χ3n) is 4.32. The van der Waals surface area contributed by atoms with Crippen molar-refractivity contribution in [1.29, 1.82) is 0 Å². The Morgan fingerprint density at radius 3 is 2.92 bits per heavy atom. The van der Waals surface area contributed by atoms with Crippen LogP contribution in [0.25, 0.3) is 27.3 Å². The summed E-state index contributed by atoms with van der Waals surface area (Å²) >= 11 is 6.09. The fourth-order valence-corrected chi connectivity index (χ4v) is 3.36. The predicted octanol–water partition coefficient (Wildman–Crippen LogP) is 4.09. The highest BCUT2D eigenvalue weighted by atomic mass is 35.5. The number of pyridine rings is 2.